The zero-order valence-electron chi connectivity index (χ0n) is 15.6. The minimum atomic E-state index is -2.93. The van der Waals surface area contributed by atoms with E-state index >= 15 is 0 Å². The number of nitrogens with zero attached hydrogens (tertiary/aromatic N) is 3. The van der Waals surface area contributed by atoms with Crippen LogP contribution in [0.3, 0.4) is 0 Å². The van der Waals surface area contributed by atoms with Gasteiger partial charge in [0, 0.05) is 33.8 Å². The molecule has 3 heterocycles. The van der Waals surface area contributed by atoms with Crippen molar-refractivity contribution in [3.63, 3.8) is 0 Å². The molecule has 1 atom stereocenters. The number of aryl methyl sites for hydroxylation is 1. The maximum absolute atomic E-state index is 11.9. The summed E-state index contributed by atoms with van der Waals surface area (Å²) >= 11 is 7.59. The summed E-state index contributed by atoms with van der Waals surface area (Å²) < 4.78 is 25.9. The zero-order chi connectivity index (χ0) is 19.9. The van der Waals surface area contributed by atoms with Crippen LogP contribution < -0.4 is 5.43 Å². The van der Waals surface area contributed by atoms with E-state index in [0.29, 0.717) is 17.2 Å². The minimum Gasteiger partial charge on any atom is -0.344 e. The summed E-state index contributed by atoms with van der Waals surface area (Å²) in [5, 5.41) is 5.89. The second-order valence-electron chi connectivity index (χ2n) is 7.07. The van der Waals surface area contributed by atoms with E-state index in [2.05, 4.69) is 26.2 Å². The predicted octanol–water partition coefficient (Wildman–Crippen LogP) is 3.85. The summed E-state index contributed by atoms with van der Waals surface area (Å²) in [6.07, 6.45) is 0.675. The Morgan fingerprint density at radius 3 is 2.79 bits per heavy atom. The number of halogens is 1. The first-order valence-electron chi connectivity index (χ1n) is 9.01. The lowest BCUT2D eigenvalue weighted by molar-refractivity contribution is 0.535. The quantitative estimate of drug-likeness (QED) is 0.792. The molecule has 1 aromatic heterocycles. The van der Waals surface area contributed by atoms with Crippen molar-refractivity contribution in [3.05, 3.63) is 52.3 Å². The molecule has 1 fully saturated rings. The number of benzene rings is 1. The van der Waals surface area contributed by atoms with E-state index in [9.17, 15) is 8.42 Å². The van der Waals surface area contributed by atoms with Crippen LogP contribution in [0.1, 0.15) is 29.4 Å². The largest absolute Gasteiger partial charge is 0.344 e. The Kier molecular flexibility index (Phi) is 5.28. The van der Waals surface area contributed by atoms with E-state index < -0.39 is 9.84 Å². The number of amidine groups is 1. The molecule has 0 saturated carbocycles. The van der Waals surface area contributed by atoms with Gasteiger partial charge in [0.1, 0.15) is 0 Å². The molecule has 148 valence electrons. The molecule has 0 radical (unpaired) electrons. The molecule has 2 aliphatic rings. The molecule has 1 saturated heterocycles. The average molecular weight is 437 g/mol. The molecule has 2 aromatic rings. The average Bonchev–Trinajstić information content (AvgIpc) is 3.14. The van der Waals surface area contributed by atoms with Crippen LogP contribution in [0.4, 0.5) is 5.69 Å². The van der Waals surface area contributed by atoms with Gasteiger partial charge in [-0.3, -0.25) is 5.43 Å². The molecule has 2 aliphatic heterocycles. The van der Waals surface area contributed by atoms with Crippen LogP contribution in [0.5, 0.6) is 0 Å². The fraction of sp³-hybridized carbons (Fsp3) is 0.368. The summed E-state index contributed by atoms with van der Waals surface area (Å²) in [5.74, 6) is 1.18. The number of rotatable bonds is 3. The third kappa shape index (κ3) is 3.99. The monoisotopic (exact) mass is 436 g/mol. The lowest BCUT2D eigenvalue weighted by atomic mass is 10.1. The summed E-state index contributed by atoms with van der Waals surface area (Å²) in [6.45, 7) is 4.06. The third-order valence-electron chi connectivity index (χ3n) is 5.04. The minimum absolute atomic E-state index is 0.0171. The number of sulfone groups is 1. The van der Waals surface area contributed by atoms with Crippen molar-refractivity contribution in [2.45, 2.75) is 26.3 Å². The van der Waals surface area contributed by atoms with Gasteiger partial charge in [0.2, 0.25) is 0 Å². The third-order valence-corrected chi connectivity index (χ3v) is 7.90. The second-order valence-corrected chi connectivity index (χ2v) is 10.7. The van der Waals surface area contributed by atoms with Crippen molar-refractivity contribution in [3.8, 4) is 0 Å². The van der Waals surface area contributed by atoms with Crippen molar-refractivity contribution in [2.75, 3.05) is 17.3 Å². The molecular weight excluding hydrogens is 416 g/mol. The number of nitrogens with one attached hydrogen (secondary N) is 1. The number of aromatic nitrogens is 1. The van der Waals surface area contributed by atoms with Gasteiger partial charge in [0.25, 0.3) is 0 Å². The van der Waals surface area contributed by atoms with Crippen molar-refractivity contribution in [2.24, 2.45) is 10.1 Å². The van der Waals surface area contributed by atoms with Crippen LogP contribution in [0.25, 0.3) is 0 Å². The van der Waals surface area contributed by atoms with Gasteiger partial charge in [-0.05, 0) is 44.5 Å². The maximum Gasteiger partial charge on any atom is 0.182 e. The molecular formula is C19H21ClN4O2S2. The van der Waals surface area contributed by atoms with Crippen molar-refractivity contribution in [1.82, 2.24) is 9.99 Å². The zero-order valence-corrected chi connectivity index (χ0v) is 18.0. The molecule has 1 N–H and O–H groups in total. The first-order chi connectivity index (χ1) is 13.3. The summed E-state index contributed by atoms with van der Waals surface area (Å²) in [7, 11) is -2.93. The van der Waals surface area contributed by atoms with E-state index in [0.717, 1.165) is 33.5 Å². The van der Waals surface area contributed by atoms with Crippen LogP contribution in [0.15, 0.2) is 40.4 Å². The van der Waals surface area contributed by atoms with Gasteiger partial charge in [-0.15, -0.1) is 0 Å². The number of hydrazone groups is 1. The first kappa shape index (κ1) is 19.5. The van der Waals surface area contributed by atoms with E-state index in [1.54, 1.807) is 17.8 Å². The van der Waals surface area contributed by atoms with Crippen molar-refractivity contribution < 1.29 is 8.42 Å². The molecule has 6 nitrogen and oxygen atoms in total. The SMILES string of the molecule is Cc1cc(C2=NNC(=Nc3cccc(Cl)c3)SC2)c(C)n1C1CCS(=O)(=O)C1. The smallest absolute Gasteiger partial charge is 0.182 e. The normalized spacial score (nSPS) is 22.9. The van der Waals surface area contributed by atoms with Gasteiger partial charge in [-0.2, -0.15) is 5.10 Å². The summed E-state index contributed by atoms with van der Waals surface area (Å²) in [6, 6.07) is 9.49. The number of hydrogen-bond acceptors (Lipinski definition) is 5. The fourth-order valence-electron chi connectivity index (χ4n) is 3.78. The highest BCUT2D eigenvalue weighted by atomic mass is 35.5. The predicted molar refractivity (Wildman–Crippen MR) is 117 cm³/mol. The lowest BCUT2D eigenvalue weighted by Gasteiger charge is -2.18. The van der Waals surface area contributed by atoms with Gasteiger partial charge < -0.3 is 4.57 Å². The van der Waals surface area contributed by atoms with Crippen LogP contribution in [0.2, 0.25) is 5.02 Å². The highest BCUT2D eigenvalue weighted by molar-refractivity contribution is 8.14. The fourth-order valence-corrected chi connectivity index (χ4v) is 6.44. The van der Waals surface area contributed by atoms with E-state index in [4.69, 9.17) is 11.6 Å². The molecule has 0 spiro atoms. The Morgan fingerprint density at radius 2 is 2.14 bits per heavy atom. The Labute approximate surface area is 174 Å². The van der Waals surface area contributed by atoms with Crippen molar-refractivity contribution in [1.29, 1.82) is 0 Å². The molecule has 1 aromatic carbocycles. The van der Waals surface area contributed by atoms with Gasteiger partial charge in [0.05, 0.1) is 22.9 Å². The van der Waals surface area contributed by atoms with Crippen LogP contribution in [0, 0.1) is 13.8 Å². The van der Waals surface area contributed by atoms with E-state index in [-0.39, 0.29) is 17.5 Å². The van der Waals surface area contributed by atoms with Crippen LogP contribution in [-0.2, 0) is 9.84 Å². The van der Waals surface area contributed by atoms with Gasteiger partial charge in [-0.25, -0.2) is 13.4 Å². The molecule has 1 unspecified atom stereocenters. The number of aliphatic imine (C=N–C) groups is 1. The Balaban J connectivity index is 1.56. The Bertz CT molecular complexity index is 1090. The van der Waals surface area contributed by atoms with Gasteiger partial charge >= 0.3 is 0 Å². The lowest BCUT2D eigenvalue weighted by Crippen LogP contribution is -2.25. The Hall–Kier alpha value is -1.77. The number of hydrogen-bond donors (Lipinski definition) is 1. The molecule has 0 bridgehead atoms. The standard InChI is InChI=1S/C19H21ClN4O2S2/c1-12-8-17(13(2)24(12)16-6-7-28(25,26)11-16)18-10-27-19(23-22-18)21-15-5-3-4-14(20)9-15/h3-5,8-9,16H,6-7,10-11H2,1-2H3,(H,21,23). The highest BCUT2D eigenvalue weighted by Crippen LogP contribution is 2.30. The Morgan fingerprint density at radius 1 is 1.32 bits per heavy atom. The molecule has 28 heavy (non-hydrogen) atoms. The second kappa shape index (κ2) is 7.57. The van der Waals surface area contributed by atoms with Gasteiger partial charge in [-0.1, -0.05) is 29.4 Å². The summed E-state index contributed by atoms with van der Waals surface area (Å²) in [4.78, 5) is 4.54. The topological polar surface area (TPSA) is 75.8 Å². The van der Waals surface area contributed by atoms with Crippen LogP contribution >= 0.6 is 23.4 Å². The molecule has 9 heteroatoms. The molecule has 0 aliphatic carbocycles. The van der Waals surface area contributed by atoms with Crippen LogP contribution in [-0.4, -0.2) is 41.1 Å². The van der Waals surface area contributed by atoms with E-state index in [1.807, 2.05) is 32.0 Å². The van der Waals surface area contributed by atoms with Crippen molar-refractivity contribution >= 4 is 49.8 Å². The highest BCUT2D eigenvalue weighted by Gasteiger charge is 2.31. The van der Waals surface area contributed by atoms with Gasteiger partial charge in [0.15, 0.2) is 15.0 Å². The molecule has 4 rings (SSSR count). The summed E-state index contributed by atoms with van der Waals surface area (Å²) in [5.41, 5.74) is 7.94. The molecule has 0 amide bonds. The van der Waals surface area contributed by atoms with E-state index in [1.165, 1.54) is 0 Å². The number of thioether (sulfide) groups is 1. The maximum atomic E-state index is 11.9. The first-order valence-corrected chi connectivity index (χ1v) is 12.2.